The van der Waals surface area contributed by atoms with Crippen LogP contribution >= 0.6 is 23.4 Å². The highest BCUT2D eigenvalue weighted by Gasteiger charge is 1.85. The number of hydrogen-bond donors (Lipinski definition) is 0. The zero-order chi connectivity index (χ0) is 7.82. The Morgan fingerprint density at radius 1 is 1.80 bits per heavy atom. The predicted molar refractivity (Wildman–Crippen MR) is 50.4 cm³/mol. The second-order valence-corrected chi connectivity index (χ2v) is 2.47. The van der Waals surface area contributed by atoms with Crippen molar-refractivity contribution in [2.24, 2.45) is 9.98 Å². The number of alkyl halides is 1. The fraction of sp³-hybridized carbons (Fsp3) is 0.333. The summed E-state index contributed by atoms with van der Waals surface area (Å²) in [5.41, 5.74) is 0. The van der Waals surface area contributed by atoms with Gasteiger partial charge in [-0.2, -0.15) is 0 Å². The van der Waals surface area contributed by atoms with Crippen molar-refractivity contribution < 1.29 is 0 Å². The Balaban J connectivity index is 3.94. The molecule has 0 aromatic heterocycles. The van der Waals surface area contributed by atoms with Crippen LogP contribution in [0, 0.1) is 0 Å². The van der Waals surface area contributed by atoms with Gasteiger partial charge in [-0.25, -0.2) is 0 Å². The van der Waals surface area contributed by atoms with E-state index in [9.17, 15) is 0 Å². The second kappa shape index (κ2) is 6.83. The highest BCUT2D eigenvalue weighted by atomic mass is 35.5. The van der Waals surface area contributed by atoms with E-state index in [4.69, 9.17) is 11.6 Å². The van der Waals surface area contributed by atoms with Crippen LogP contribution in [0.25, 0.3) is 0 Å². The summed E-state index contributed by atoms with van der Waals surface area (Å²) in [4.78, 5) is 8.37. The van der Waals surface area contributed by atoms with Crippen molar-refractivity contribution in [3.63, 3.8) is 0 Å². The van der Waals surface area contributed by atoms with Crippen molar-refractivity contribution >= 4 is 36.3 Å². The number of nitrogens with zero attached hydrogens (tertiary/aromatic N) is 2. The Morgan fingerprint density at radius 2 is 2.50 bits per heavy atom. The van der Waals surface area contributed by atoms with E-state index in [0.29, 0.717) is 0 Å². The van der Waals surface area contributed by atoms with Crippen LogP contribution in [0.5, 0.6) is 0 Å². The number of rotatable bonds is 4. The average molecular weight is 177 g/mol. The molecule has 0 heterocycles. The van der Waals surface area contributed by atoms with Crippen LogP contribution in [0.15, 0.2) is 21.1 Å². The maximum absolute atomic E-state index is 5.32. The SMILES string of the molecule is C=N/C=C(\C=NCCl)SC. The third kappa shape index (κ3) is 4.58. The number of aliphatic imine (C=N–C) groups is 2. The lowest BCUT2D eigenvalue weighted by Crippen LogP contribution is -1.77. The molecule has 10 heavy (non-hydrogen) atoms. The van der Waals surface area contributed by atoms with Gasteiger partial charge in [-0.05, 0) is 13.0 Å². The van der Waals surface area contributed by atoms with E-state index in [0.717, 1.165) is 4.91 Å². The summed E-state index contributed by atoms with van der Waals surface area (Å²) < 4.78 is 0. The van der Waals surface area contributed by atoms with Crippen molar-refractivity contribution in [1.29, 1.82) is 0 Å². The molecule has 2 nitrogen and oxygen atoms in total. The molecule has 0 N–H and O–H groups in total. The molecule has 0 aliphatic carbocycles. The molecular weight excluding hydrogens is 168 g/mol. The molecule has 0 fully saturated rings. The first kappa shape index (κ1) is 9.72. The maximum Gasteiger partial charge on any atom is 0.113 e. The molecule has 0 aromatic carbocycles. The monoisotopic (exact) mass is 176 g/mol. The molecular formula is C6H9ClN2S. The topological polar surface area (TPSA) is 24.7 Å². The Kier molecular flexibility index (Phi) is 6.64. The van der Waals surface area contributed by atoms with Gasteiger partial charge in [0.1, 0.15) is 6.00 Å². The van der Waals surface area contributed by atoms with E-state index < -0.39 is 0 Å². The molecule has 0 radical (unpaired) electrons. The predicted octanol–water partition coefficient (Wildman–Crippen LogP) is 2.16. The molecule has 0 atom stereocenters. The molecule has 0 spiro atoms. The van der Waals surface area contributed by atoms with Gasteiger partial charge in [-0.1, -0.05) is 0 Å². The fourth-order valence-corrected chi connectivity index (χ4v) is 0.782. The third-order valence-corrected chi connectivity index (χ3v) is 1.56. The van der Waals surface area contributed by atoms with Crippen LogP contribution < -0.4 is 0 Å². The van der Waals surface area contributed by atoms with Gasteiger partial charge in [0, 0.05) is 17.3 Å². The lowest BCUT2D eigenvalue weighted by atomic mass is 10.6. The average Bonchev–Trinajstić information content (AvgIpc) is 1.98. The number of halogens is 1. The van der Waals surface area contributed by atoms with E-state index in [1.165, 1.54) is 0 Å². The first-order chi connectivity index (χ1) is 4.85. The lowest BCUT2D eigenvalue weighted by molar-refractivity contribution is 1.38. The van der Waals surface area contributed by atoms with E-state index in [-0.39, 0.29) is 6.00 Å². The zero-order valence-electron chi connectivity index (χ0n) is 5.75. The van der Waals surface area contributed by atoms with E-state index in [1.54, 1.807) is 24.2 Å². The molecule has 0 saturated carbocycles. The van der Waals surface area contributed by atoms with Crippen LogP contribution in [0.4, 0.5) is 0 Å². The number of hydrogen-bond acceptors (Lipinski definition) is 3. The van der Waals surface area contributed by atoms with Crippen LogP contribution in [0.1, 0.15) is 0 Å². The maximum atomic E-state index is 5.32. The van der Waals surface area contributed by atoms with Crippen LogP contribution in [-0.2, 0) is 0 Å². The van der Waals surface area contributed by atoms with Gasteiger partial charge in [-0.15, -0.1) is 23.4 Å². The Hall–Kier alpha value is -0.280. The van der Waals surface area contributed by atoms with Gasteiger partial charge in [0.2, 0.25) is 0 Å². The van der Waals surface area contributed by atoms with E-state index >= 15 is 0 Å². The highest BCUT2D eigenvalue weighted by Crippen LogP contribution is 2.07. The lowest BCUT2D eigenvalue weighted by Gasteiger charge is -1.90. The summed E-state index contributed by atoms with van der Waals surface area (Å²) in [7, 11) is 0. The largest absolute Gasteiger partial charge is 0.276 e. The minimum atomic E-state index is 0.287. The van der Waals surface area contributed by atoms with E-state index in [2.05, 4.69) is 16.7 Å². The van der Waals surface area contributed by atoms with Gasteiger partial charge in [0.25, 0.3) is 0 Å². The molecule has 0 aliphatic heterocycles. The molecule has 0 aromatic rings. The zero-order valence-corrected chi connectivity index (χ0v) is 7.32. The molecule has 0 rings (SSSR count). The molecule has 0 saturated heterocycles. The van der Waals surface area contributed by atoms with Gasteiger partial charge in [0.05, 0.1) is 0 Å². The molecule has 0 unspecified atom stereocenters. The third-order valence-electron chi connectivity index (χ3n) is 0.742. The van der Waals surface area contributed by atoms with Crippen LogP contribution in [0.2, 0.25) is 0 Å². The van der Waals surface area contributed by atoms with Crippen molar-refractivity contribution in [3.05, 3.63) is 11.1 Å². The van der Waals surface area contributed by atoms with Crippen molar-refractivity contribution in [3.8, 4) is 0 Å². The summed E-state index contributed by atoms with van der Waals surface area (Å²) in [5.74, 6) is 0. The summed E-state index contributed by atoms with van der Waals surface area (Å²) >= 11 is 6.88. The minimum absolute atomic E-state index is 0.287. The minimum Gasteiger partial charge on any atom is -0.276 e. The number of allylic oxidation sites excluding steroid dienone is 1. The fourth-order valence-electron chi connectivity index (χ4n) is 0.353. The van der Waals surface area contributed by atoms with Crippen LogP contribution in [-0.4, -0.2) is 25.2 Å². The standard InChI is InChI=1S/C6H9ClN2S/c1-8-3-6(10-2)4-9-5-7/h3-4H,1,5H2,2H3/b6-3+,9-4?. The second-order valence-electron chi connectivity index (χ2n) is 1.35. The summed E-state index contributed by atoms with van der Waals surface area (Å²) in [6, 6.07) is 0.287. The van der Waals surface area contributed by atoms with Gasteiger partial charge in [-0.3, -0.25) is 9.98 Å². The molecule has 4 heteroatoms. The summed E-state index contributed by atoms with van der Waals surface area (Å²) in [5, 5.41) is 0. The van der Waals surface area contributed by atoms with Crippen LogP contribution in [0.3, 0.4) is 0 Å². The number of thioether (sulfide) groups is 1. The normalized spacial score (nSPS) is 12.4. The van der Waals surface area contributed by atoms with Crippen molar-refractivity contribution in [2.45, 2.75) is 0 Å². The Morgan fingerprint density at radius 3 is 2.90 bits per heavy atom. The Bertz CT molecular complexity index is 154. The molecule has 0 aliphatic rings. The van der Waals surface area contributed by atoms with E-state index in [1.807, 2.05) is 6.26 Å². The first-order valence-corrected chi connectivity index (χ1v) is 4.37. The quantitative estimate of drug-likeness (QED) is 0.366. The first-order valence-electron chi connectivity index (χ1n) is 2.61. The molecule has 0 bridgehead atoms. The highest BCUT2D eigenvalue weighted by molar-refractivity contribution is 8.03. The van der Waals surface area contributed by atoms with Gasteiger partial charge >= 0.3 is 0 Å². The summed E-state index contributed by atoms with van der Waals surface area (Å²) in [6.07, 6.45) is 5.25. The van der Waals surface area contributed by atoms with Gasteiger partial charge in [0.15, 0.2) is 0 Å². The van der Waals surface area contributed by atoms with Crippen molar-refractivity contribution in [1.82, 2.24) is 0 Å². The van der Waals surface area contributed by atoms with Crippen molar-refractivity contribution in [2.75, 3.05) is 12.3 Å². The summed E-state index contributed by atoms with van der Waals surface area (Å²) in [6.45, 7) is 3.32. The smallest absolute Gasteiger partial charge is 0.113 e. The Labute approximate surface area is 70.1 Å². The molecule has 56 valence electrons. The van der Waals surface area contributed by atoms with Gasteiger partial charge < -0.3 is 0 Å². The molecule has 0 amide bonds.